The topological polar surface area (TPSA) is 68.8 Å². The summed E-state index contributed by atoms with van der Waals surface area (Å²) in [5.74, 6) is 0.0233. The van der Waals surface area contributed by atoms with Gasteiger partial charge in [0, 0.05) is 62.0 Å². The van der Waals surface area contributed by atoms with E-state index in [0.717, 1.165) is 47.4 Å². The predicted octanol–water partition coefficient (Wildman–Crippen LogP) is 5.52. The minimum atomic E-state index is -0.559. The summed E-state index contributed by atoms with van der Waals surface area (Å²) in [5, 5.41) is 6.88. The number of nitrogens with one attached hydrogen (secondary N) is 1. The molecule has 1 aliphatic heterocycles. The Balaban J connectivity index is 1.33. The van der Waals surface area contributed by atoms with Crippen LogP contribution in [-0.2, 0) is 0 Å². The smallest absolute Gasteiger partial charge is 0.273 e. The minimum Gasteiger partial charge on any atom is -0.378 e. The maximum atomic E-state index is 13.3. The Morgan fingerprint density at radius 1 is 1.11 bits per heavy atom. The van der Waals surface area contributed by atoms with Crippen LogP contribution >= 0.6 is 23.6 Å². The highest BCUT2D eigenvalue weighted by Gasteiger charge is 2.29. The molecular weight excluding hydrogens is 514 g/mol. The fraction of sp³-hybridized carbons (Fsp3) is 0.379. The van der Waals surface area contributed by atoms with E-state index in [4.69, 9.17) is 17.2 Å². The van der Waals surface area contributed by atoms with Crippen molar-refractivity contribution in [3.63, 3.8) is 0 Å². The molecule has 1 amide bonds. The molecule has 0 spiro atoms. The van der Waals surface area contributed by atoms with Crippen molar-refractivity contribution in [2.75, 3.05) is 43.9 Å². The second kappa shape index (κ2) is 12.5. The fourth-order valence-electron chi connectivity index (χ4n) is 4.67. The molecule has 1 fully saturated rings. The number of likely N-dealkylation sites (tertiary alicyclic amines) is 1. The van der Waals surface area contributed by atoms with E-state index in [1.54, 1.807) is 24.0 Å². The van der Waals surface area contributed by atoms with Gasteiger partial charge in [-0.25, -0.2) is 4.98 Å². The lowest BCUT2D eigenvalue weighted by Gasteiger charge is -2.33. The zero-order valence-corrected chi connectivity index (χ0v) is 24.0. The molecule has 7 nitrogen and oxygen atoms in total. The molecule has 1 aliphatic rings. The molecule has 0 aliphatic carbocycles. The number of likely N-dealkylation sites (N-methyl/N-ethyl adjacent to an activating group) is 1. The van der Waals surface area contributed by atoms with Crippen LogP contribution in [0.2, 0.25) is 0 Å². The number of thiazole rings is 1. The number of amides is 1. The van der Waals surface area contributed by atoms with E-state index in [9.17, 15) is 9.59 Å². The molecule has 2 heterocycles. The van der Waals surface area contributed by atoms with Gasteiger partial charge >= 0.3 is 0 Å². The van der Waals surface area contributed by atoms with Crippen LogP contribution in [0, 0.1) is 0 Å². The second-order valence-electron chi connectivity index (χ2n) is 9.70. The number of piperidine rings is 1. The summed E-state index contributed by atoms with van der Waals surface area (Å²) in [5.41, 5.74) is 3.14. The molecule has 1 atom stereocenters. The van der Waals surface area contributed by atoms with Crippen molar-refractivity contribution in [1.82, 2.24) is 14.8 Å². The molecule has 9 heteroatoms. The summed E-state index contributed by atoms with van der Waals surface area (Å²) in [6.07, 6.45) is 1.84. The van der Waals surface area contributed by atoms with Gasteiger partial charge in [-0.05, 0) is 63.2 Å². The molecular formula is C29H35N5O2S2. The van der Waals surface area contributed by atoms with Crippen molar-refractivity contribution < 1.29 is 9.59 Å². The van der Waals surface area contributed by atoms with Crippen LogP contribution in [0.25, 0.3) is 0 Å². The summed E-state index contributed by atoms with van der Waals surface area (Å²) in [6, 6.07) is 16.8. The van der Waals surface area contributed by atoms with Crippen molar-refractivity contribution >= 4 is 51.7 Å². The number of ketones is 1. The molecule has 1 N–H and O–H groups in total. The van der Waals surface area contributed by atoms with E-state index >= 15 is 0 Å². The van der Waals surface area contributed by atoms with E-state index in [1.165, 1.54) is 11.3 Å². The van der Waals surface area contributed by atoms with Gasteiger partial charge in [0.25, 0.3) is 5.91 Å². The van der Waals surface area contributed by atoms with Crippen LogP contribution in [0.15, 0.2) is 60.0 Å². The zero-order valence-electron chi connectivity index (χ0n) is 22.4. The third kappa shape index (κ3) is 6.39. The first-order valence-electron chi connectivity index (χ1n) is 13.0. The molecule has 3 aromatic rings. The predicted molar refractivity (Wildman–Crippen MR) is 160 cm³/mol. The number of rotatable bonds is 8. The van der Waals surface area contributed by atoms with Crippen LogP contribution in [0.3, 0.4) is 0 Å². The number of hydrogen-bond donors (Lipinski definition) is 1. The number of Topliss-reactive ketones (excluding diaryl/α,β-unsaturated/α-hetero) is 1. The Morgan fingerprint density at radius 2 is 1.76 bits per heavy atom. The first kappa shape index (κ1) is 27.7. The van der Waals surface area contributed by atoms with Gasteiger partial charge in [0.15, 0.2) is 10.9 Å². The summed E-state index contributed by atoms with van der Waals surface area (Å²) in [6.45, 7) is 5.78. The van der Waals surface area contributed by atoms with Gasteiger partial charge in [0.2, 0.25) is 0 Å². The first-order chi connectivity index (χ1) is 18.3. The van der Waals surface area contributed by atoms with Crippen LogP contribution in [0.1, 0.15) is 58.5 Å². The van der Waals surface area contributed by atoms with Crippen molar-refractivity contribution in [1.29, 1.82) is 0 Å². The lowest BCUT2D eigenvalue weighted by atomic mass is 9.98. The van der Waals surface area contributed by atoms with Gasteiger partial charge in [-0.3, -0.25) is 9.59 Å². The monoisotopic (exact) mass is 549 g/mol. The Labute approximate surface area is 234 Å². The maximum Gasteiger partial charge on any atom is 0.273 e. The second-order valence-corrected chi connectivity index (χ2v) is 11.0. The van der Waals surface area contributed by atoms with Gasteiger partial charge in [-0.2, -0.15) is 0 Å². The lowest BCUT2D eigenvalue weighted by molar-refractivity contribution is 0.0633. The molecule has 0 saturated carbocycles. The number of carbonyl (C=O) groups excluding carboxylic acids is 2. The normalized spacial score (nSPS) is 14.6. The average molecular weight is 550 g/mol. The lowest BCUT2D eigenvalue weighted by Crippen LogP contribution is -2.43. The van der Waals surface area contributed by atoms with E-state index in [0.29, 0.717) is 23.7 Å². The van der Waals surface area contributed by atoms with Gasteiger partial charge in [0.05, 0.1) is 11.0 Å². The van der Waals surface area contributed by atoms with Crippen LogP contribution in [0.4, 0.5) is 11.4 Å². The van der Waals surface area contributed by atoms with Gasteiger partial charge in [-0.1, -0.05) is 30.3 Å². The molecule has 1 unspecified atom stereocenters. The maximum absolute atomic E-state index is 13.3. The van der Waals surface area contributed by atoms with Crippen LogP contribution in [-0.4, -0.2) is 71.4 Å². The first-order valence-corrected chi connectivity index (χ1v) is 14.3. The van der Waals surface area contributed by atoms with Gasteiger partial charge in [-0.15, -0.1) is 11.3 Å². The van der Waals surface area contributed by atoms with Crippen molar-refractivity contribution in [2.24, 2.45) is 0 Å². The summed E-state index contributed by atoms with van der Waals surface area (Å²) in [7, 11) is 4.04. The molecule has 0 radical (unpaired) electrons. The quantitative estimate of drug-likeness (QED) is 0.293. The SMILES string of the molecule is CCN(C(=O)c1csc(C2CCN(C(=S)Nc3ccc(N(C)C)cc3)CC2)n1)C(C)C(=O)c1ccccc1. The molecule has 200 valence electrons. The highest BCUT2D eigenvalue weighted by molar-refractivity contribution is 7.80. The van der Waals surface area contributed by atoms with Crippen LogP contribution in [0.5, 0.6) is 0 Å². The number of aromatic nitrogens is 1. The zero-order chi connectivity index (χ0) is 27.2. The molecule has 2 aromatic carbocycles. The number of nitrogens with zero attached hydrogens (tertiary/aromatic N) is 4. The van der Waals surface area contributed by atoms with E-state index < -0.39 is 6.04 Å². The summed E-state index contributed by atoms with van der Waals surface area (Å²) in [4.78, 5) is 36.8. The Morgan fingerprint density at radius 3 is 2.37 bits per heavy atom. The van der Waals surface area contributed by atoms with E-state index in [1.807, 2.05) is 56.7 Å². The van der Waals surface area contributed by atoms with Crippen molar-refractivity contribution in [3.05, 3.63) is 76.2 Å². The van der Waals surface area contributed by atoms with Gasteiger partial charge in [0.1, 0.15) is 5.69 Å². The van der Waals surface area contributed by atoms with E-state index in [2.05, 4.69) is 27.2 Å². The molecule has 38 heavy (non-hydrogen) atoms. The van der Waals surface area contributed by atoms with E-state index in [-0.39, 0.29) is 11.7 Å². The number of carbonyl (C=O) groups is 2. The molecule has 1 aromatic heterocycles. The Bertz CT molecular complexity index is 1250. The Hall–Kier alpha value is -3.30. The highest BCUT2D eigenvalue weighted by atomic mass is 32.1. The van der Waals surface area contributed by atoms with Crippen molar-refractivity contribution in [2.45, 2.75) is 38.6 Å². The Kier molecular flexibility index (Phi) is 9.12. The van der Waals surface area contributed by atoms with Crippen LogP contribution < -0.4 is 10.2 Å². The largest absolute Gasteiger partial charge is 0.378 e. The number of benzene rings is 2. The number of thiocarbonyl (C=S) groups is 1. The summed E-state index contributed by atoms with van der Waals surface area (Å²) >= 11 is 7.20. The molecule has 1 saturated heterocycles. The number of hydrogen-bond acceptors (Lipinski definition) is 6. The third-order valence-electron chi connectivity index (χ3n) is 7.01. The van der Waals surface area contributed by atoms with Crippen molar-refractivity contribution in [3.8, 4) is 0 Å². The summed E-state index contributed by atoms with van der Waals surface area (Å²) < 4.78 is 0. The standard InChI is InChI=1S/C29H35N5O2S2/c1-5-34(20(2)26(35)21-9-7-6-8-10-21)28(36)25-19-38-27(31-25)22-15-17-33(18-16-22)29(37)30-23-11-13-24(14-12-23)32(3)4/h6-14,19-20,22H,5,15-18H2,1-4H3,(H,30,37). The number of anilines is 2. The van der Waals surface area contributed by atoms with Gasteiger partial charge < -0.3 is 20.0 Å². The highest BCUT2D eigenvalue weighted by Crippen LogP contribution is 2.31. The third-order valence-corrected chi connectivity index (χ3v) is 8.38. The average Bonchev–Trinajstić information content (AvgIpc) is 3.44. The fourth-order valence-corrected chi connectivity index (χ4v) is 5.94. The molecule has 0 bridgehead atoms. The molecule has 4 rings (SSSR count). The minimum absolute atomic E-state index is 0.0677.